The van der Waals surface area contributed by atoms with Gasteiger partial charge in [-0.15, -0.1) is 0 Å². The van der Waals surface area contributed by atoms with Crippen molar-refractivity contribution < 1.29 is 0 Å². The van der Waals surface area contributed by atoms with Crippen molar-refractivity contribution >= 4 is 11.8 Å². The van der Waals surface area contributed by atoms with Gasteiger partial charge in [-0.1, -0.05) is 73.5 Å². The van der Waals surface area contributed by atoms with Crippen molar-refractivity contribution in [3.05, 3.63) is 71.8 Å². The summed E-state index contributed by atoms with van der Waals surface area (Å²) in [6.45, 7) is 6.83. The van der Waals surface area contributed by atoms with E-state index in [0.717, 1.165) is 32.1 Å². The molecule has 2 heteroatoms. The zero-order valence-electron chi connectivity index (χ0n) is 16.6. The second-order valence-electron chi connectivity index (χ2n) is 8.16. The summed E-state index contributed by atoms with van der Waals surface area (Å²) in [5, 5.41) is 0. The van der Waals surface area contributed by atoms with Crippen LogP contribution in [0.15, 0.2) is 60.7 Å². The third-order valence-corrected chi connectivity index (χ3v) is 6.23. The molecule has 2 nitrogen and oxygen atoms in total. The maximum Gasteiger partial charge on any atom is 0.0404 e. The number of anilines is 1. The lowest BCUT2D eigenvalue weighted by Crippen LogP contribution is -2.52. The molecule has 0 amide bonds. The van der Waals surface area contributed by atoms with Crippen LogP contribution in [0.25, 0.3) is 6.08 Å². The van der Waals surface area contributed by atoms with E-state index >= 15 is 0 Å². The first-order valence-corrected chi connectivity index (χ1v) is 10.6. The van der Waals surface area contributed by atoms with Gasteiger partial charge < -0.3 is 4.90 Å². The van der Waals surface area contributed by atoms with E-state index in [4.69, 9.17) is 0 Å². The van der Waals surface area contributed by atoms with Crippen molar-refractivity contribution in [3.8, 4) is 0 Å². The van der Waals surface area contributed by atoms with Crippen LogP contribution in [0, 0.1) is 0 Å². The minimum absolute atomic E-state index is 0.562. The van der Waals surface area contributed by atoms with Crippen LogP contribution in [0.5, 0.6) is 0 Å². The molecule has 2 fully saturated rings. The predicted octanol–water partition coefficient (Wildman–Crippen LogP) is 5.57. The average molecular weight is 361 g/mol. The topological polar surface area (TPSA) is 6.48 Å². The Balaban J connectivity index is 1.38. The van der Waals surface area contributed by atoms with Gasteiger partial charge in [0.2, 0.25) is 0 Å². The quantitative estimate of drug-likeness (QED) is 0.688. The normalized spacial score (nSPS) is 22.0. The molecule has 2 aliphatic rings. The van der Waals surface area contributed by atoms with Gasteiger partial charge in [0.05, 0.1) is 0 Å². The Morgan fingerprint density at radius 1 is 0.926 bits per heavy atom. The lowest BCUT2D eigenvalue weighted by molar-refractivity contribution is 0.251. The molecule has 1 aliphatic carbocycles. The zero-order chi connectivity index (χ0) is 18.5. The highest BCUT2D eigenvalue weighted by molar-refractivity contribution is 5.56. The molecule has 1 unspecified atom stereocenters. The van der Waals surface area contributed by atoms with Gasteiger partial charge in [0.1, 0.15) is 0 Å². The second kappa shape index (κ2) is 8.75. The molecule has 1 aliphatic heterocycles. The molecule has 0 bridgehead atoms. The average Bonchev–Trinajstić information content (AvgIpc) is 3.24. The number of benzene rings is 2. The van der Waals surface area contributed by atoms with Gasteiger partial charge in [0, 0.05) is 37.9 Å². The standard InChI is InChI=1S/C25H32N2/c1-21-20-26(17-9-12-22-10-3-2-4-11-22)18-19-27(21)25-16-8-7-15-24(25)23-13-5-6-14-23/h2-4,7-12,15-16,21,23H,5-6,13-14,17-20H2,1H3. The minimum Gasteiger partial charge on any atom is -0.366 e. The Hall–Kier alpha value is -2.06. The fourth-order valence-electron chi connectivity index (χ4n) is 4.79. The molecular weight excluding hydrogens is 328 g/mol. The molecule has 2 aromatic carbocycles. The number of hydrogen-bond acceptors (Lipinski definition) is 2. The lowest BCUT2D eigenvalue weighted by Gasteiger charge is -2.42. The van der Waals surface area contributed by atoms with E-state index in [1.165, 1.54) is 36.9 Å². The van der Waals surface area contributed by atoms with Crippen LogP contribution < -0.4 is 4.90 Å². The summed E-state index contributed by atoms with van der Waals surface area (Å²) < 4.78 is 0. The second-order valence-corrected chi connectivity index (χ2v) is 8.16. The maximum atomic E-state index is 2.66. The monoisotopic (exact) mass is 360 g/mol. The van der Waals surface area contributed by atoms with Crippen LogP contribution >= 0.6 is 0 Å². The first-order chi connectivity index (χ1) is 13.3. The van der Waals surface area contributed by atoms with Gasteiger partial charge in [0.25, 0.3) is 0 Å². The first-order valence-electron chi connectivity index (χ1n) is 10.6. The highest BCUT2D eigenvalue weighted by Crippen LogP contribution is 2.39. The van der Waals surface area contributed by atoms with Crippen molar-refractivity contribution in [2.24, 2.45) is 0 Å². The Kier molecular flexibility index (Phi) is 5.94. The Morgan fingerprint density at radius 2 is 1.67 bits per heavy atom. The van der Waals surface area contributed by atoms with Crippen LogP contribution in [0.4, 0.5) is 5.69 Å². The fraction of sp³-hybridized carbons (Fsp3) is 0.440. The van der Waals surface area contributed by atoms with Gasteiger partial charge >= 0.3 is 0 Å². The summed E-state index contributed by atoms with van der Waals surface area (Å²) >= 11 is 0. The molecule has 0 radical (unpaired) electrons. The molecule has 0 spiro atoms. The zero-order valence-corrected chi connectivity index (χ0v) is 16.6. The minimum atomic E-state index is 0.562. The molecule has 0 N–H and O–H groups in total. The number of hydrogen-bond donors (Lipinski definition) is 0. The van der Waals surface area contributed by atoms with Crippen LogP contribution in [-0.4, -0.2) is 37.1 Å². The van der Waals surface area contributed by atoms with Gasteiger partial charge in [-0.25, -0.2) is 0 Å². The maximum absolute atomic E-state index is 2.66. The van der Waals surface area contributed by atoms with Gasteiger partial charge in [-0.2, -0.15) is 0 Å². The van der Waals surface area contributed by atoms with Crippen LogP contribution in [-0.2, 0) is 0 Å². The van der Waals surface area contributed by atoms with Crippen LogP contribution in [0.2, 0.25) is 0 Å². The largest absolute Gasteiger partial charge is 0.366 e. The van der Waals surface area contributed by atoms with Crippen molar-refractivity contribution in [2.75, 3.05) is 31.1 Å². The molecule has 4 rings (SSSR count). The van der Waals surface area contributed by atoms with E-state index in [2.05, 4.69) is 83.5 Å². The molecule has 1 saturated carbocycles. The van der Waals surface area contributed by atoms with E-state index in [-0.39, 0.29) is 0 Å². The molecule has 1 saturated heterocycles. The Labute approximate surface area is 164 Å². The fourth-order valence-corrected chi connectivity index (χ4v) is 4.79. The summed E-state index contributed by atoms with van der Waals surface area (Å²) in [6, 6.07) is 20.3. The Morgan fingerprint density at radius 3 is 2.44 bits per heavy atom. The van der Waals surface area contributed by atoms with Crippen molar-refractivity contribution in [1.29, 1.82) is 0 Å². The summed E-state index contributed by atoms with van der Waals surface area (Å²) in [4.78, 5) is 5.24. The smallest absolute Gasteiger partial charge is 0.0404 e. The van der Waals surface area contributed by atoms with Crippen LogP contribution in [0.1, 0.15) is 49.7 Å². The third-order valence-electron chi connectivity index (χ3n) is 6.23. The van der Waals surface area contributed by atoms with E-state index in [1.807, 2.05) is 0 Å². The molecular formula is C25H32N2. The molecule has 2 aromatic rings. The van der Waals surface area contributed by atoms with Crippen molar-refractivity contribution in [2.45, 2.75) is 44.6 Å². The number of piperazine rings is 1. The van der Waals surface area contributed by atoms with Gasteiger partial charge in [0.15, 0.2) is 0 Å². The van der Waals surface area contributed by atoms with E-state index in [9.17, 15) is 0 Å². The van der Waals surface area contributed by atoms with E-state index in [0.29, 0.717) is 6.04 Å². The van der Waals surface area contributed by atoms with Crippen molar-refractivity contribution in [1.82, 2.24) is 4.90 Å². The molecule has 1 atom stereocenters. The Bertz CT molecular complexity index is 746. The van der Waals surface area contributed by atoms with Gasteiger partial charge in [-0.05, 0) is 42.9 Å². The highest BCUT2D eigenvalue weighted by Gasteiger charge is 2.27. The highest BCUT2D eigenvalue weighted by atomic mass is 15.3. The lowest BCUT2D eigenvalue weighted by atomic mass is 9.94. The first kappa shape index (κ1) is 18.3. The number of nitrogens with zero attached hydrogens (tertiary/aromatic N) is 2. The summed E-state index contributed by atoms with van der Waals surface area (Å²) in [6.07, 6.45) is 10.1. The summed E-state index contributed by atoms with van der Waals surface area (Å²) in [7, 11) is 0. The van der Waals surface area contributed by atoms with E-state index in [1.54, 1.807) is 5.56 Å². The molecule has 0 aromatic heterocycles. The summed E-state index contributed by atoms with van der Waals surface area (Å²) in [5.41, 5.74) is 4.38. The molecule has 1 heterocycles. The number of rotatable bonds is 5. The molecule has 27 heavy (non-hydrogen) atoms. The van der Waals surface area contributed by atoms with Crippen LogP contribution in [0.3, 0.4) is 0 Å². The predicted molar refractivity (Wildman–Crippen MR) is 116 cm³/mol. The van der Waals surface area contributed by atoms with Crippen molar-refractivity contribution in [3.63, 3.8) is 0 Å². The number of para-hydroxylation sites is 1. The molecule has 142 valence electrons. The summed E-state index contributed by atoms with van der Waals surface area (Å²) in [5.74, 6) is 0.778. The van der Waals surface area contributed by atoms with E-state index < -0.39 is 0 Å². The van der Waals surface area contributed by atoms with Gasteiger partial charge in [-0.3, -0.25) is 4.90 Å². The SMILES string of the molecule is CC1CN(CC=Cc2ccccc2)CCN1c1ccccc1C1CCCC1. The third kappa shape index (κ3) is 4.44.